The van der Waals surface area contributed by atoms with E-state index in [2.05, 4.69) is 9.98 Å². The number of aromatic nitrogens is 2. The Hall–Kier alpha value is -2.75. The van der Waals surface area contributed by atoms with Gasteiger partial charge in [0.25, 0.3) is 5.56 Å². The first-order valence-corrected chi connectivity index (χ1v) is 7.40. The number of aliphatic hydroxyl groups excluding tert-OH is 3. The highest BCUT2D eigenvalue weighted by Crippen LogP contribution is 2.17. The van der Waals surface area contributed by atoms with Crippen molar-refractivity contribution >= 4 is 6.21 Å². The minimum Gasteiger partial charge on any atom is -0.493 e. The van der Waals surface area contributed by atoms with Crippen LogP contribution in [0.15, 0.2) is 38.8 Å². The topological polar surface area (TPSA) is 148 Å². The monoisotopic (exact) mass is 349 g/mol. The summed E-state index contributed by atoms with van der Waals surface area (Å²) in [4.78, 5) is 29.9. The van der Waals surface area contributed by atoms with Gasteiger partial charge in [0.05, 0.1) is 25.5 Å². The number of aromatic amines is 1. The normalized spacial score (nSPS) is 12.0. The van der Waals surface area contributed by atoms with Gasteiger partial charge in [0.2, 0.25) is 5.88 Å². The van der Waals surface area contributed by atoms with Gasteiger partial charge >= 0.3 is 5.69 Å². The molecule has 1 heterocycles. The molecule has 0 saturated carbocycles. The summed E-state index contributed by atoms with van der Waals surface area (Å²) in [6.45, 7) is -0.165. The fourth-order valence-electron chi connectivity index (χ4n) is 2.06. The fraction of sp³-hybridized carbons (Fsp3) is 0.312. The molecule has 0 saturated heterocycles. The molecule has 2 aromatic rings. The predicted octanol–water partition coefficient (Wildman–Crippen LogP) is -1.33. The average Bonchev–Trinajstić information content (AvgIpc) is 2.60. The lowest BCUT2D eigenvalue weighted by Gasteiger charge is -2.22. The molecule has 1 aromatic heterocycles. The van der Waals surface area contributed by atoms with E-state index in [0.717, 1.165) is 16.3 Å². The average molecular weight is 349 g/mol. The fourth-order valence-corrected chi connectivity index (χ4v) is 2.06. The second kappa shape index (κ2) is 7.43. The lowest BCUT2D eigenvalue weighted by molar-refractivity contribution is 0.0718. The van der Waals surface area contributed by atoms with Gasteiger partial charge in [-0.25, -0.2) is 9.36 Å². The summed E-state index contributed by atoms with van der Waals surface area (Å²) < 4.78 is 0.890. The van der Waals surface area contributed by atoms with Crippen molar-refractivity contribution in [1.29, 1.82) is 0 Å². The number of aliphatic hydroxyl groups is 3. The number of nitrogens with zero attached hydrogens (tertiary/aromatic N) is 2. The molecule has 1 aromatic carbocycles. The summed E-state index contributed by atoms with van der Waals surface area (Å²) in [5, 5.41) is 38.1. The van der Waals surface area contributed by atoms with Crippen molar-refractivity contribution in [2.75, 3.05) is 19.8 Å². The zero-order valence-electron chi connectivity index (χ0n) is 13.5. The Balaban J connectivity index is 2.61. The van der Waals surface area contributed by atoms with Crippen LogP contribution in [0.2, 0.25) is 0 Å². The zero-order chi connectivity index (χ0) is 18.6. The van der Waals surface area contributed by atoms with Crippen molar-refractivity contribution in [1.82, 2.24) is 9.55 Å². The zero-order valence-corrected chi connectivity index (χ0v) is 13.5. The first-order valence-electron chi connectivity index (χ1n) is 7.40. The van der Waals surface area contributed by atoms with Crippen LogP contribution in [0.4, 0.5) is 0 Å². The van der Waals surface area contributed by atoms with Gasteiger partial charge in [-0.2, -0.15) is 0 Å². The van der Waals surface area contributed by atoms with Gasteiger partial charge in [0.15, 0.2) is 0 Å². The van der Waals surface area contributed by atoms with Gasteiger partial charge in [-0.05, 0) is 19.1 Å². The molecule has 2 rings (SSSR count). The van der Waals surface area contributed by atoms with E-state index in [1.165, 1.54) is 0 Å². The third kappa shape index (κ3) is 3.68. The van der Waals surface area contributed by atoms with Crippen molar-refractivity contribution in [2.24, 2.45) is 4.99 Å². The SMILES string of the molecule is Cc1ccc(-n2c(O)c(C=NC(CO)(CO)CO)c(=O)[nH]c2=O)cc1. The van der Waals surface area contributed by atoms with Crippen molar-refractivity contribution in [3.8, 4) is 11.6 Å². The van der Waals surface area contributed by atoms with E-state index in [4.69, 9.17) is 0 Å². The minimum atomic E-state index is -1.61. The smallest absolute Gasteiger partial charge is 0.335 e. The summed E-state index contributed by atoms with van der Waals surface area (Å²) in [5.74, 6) is -0.649. The van der Waals surface area contributed by atoms with E-state index in [-0.39, 0.29) is 5.56 Å². The Labute approximate surface area is 142 Å². The number of aromatic hydroxyl groups is 1. The minimum absolute atomic E-state index is 0.330. The molecule has 0 unspecified atom stereocenters. The second-order valence-electron chi connectivity index (χ2n) is 5.62. The van der Waals surface area contributed by atoms with Crippen LogP contribution in [0.3, 0.4) is 0 Å². The third-order valence-electron chi connectivity index (χ3n) is 3.76. The summed E-state index contributed by atoms with van der Waals surface area (Å²) in [6.07, 6.45) is 0.904. The predicted molar refractivity (Wildman–Crippen MR) is 90.6 cm³/mol. The third-order valence-corrected chi connectivity index (χ3v) is 3.76. The molecule has 134 valence electrons. The van der Waals surface area contributed by atoms with E-state index in [9.17, 15) is 30.0 Å². The largest absolute Gasteiger partial charge is 0.493 e. The maximum Gasteiger partial charge on any atom is 0.335 e. The standard InChI is InChI=1S/C16H19N3O6/c1-10-2-4-11(5-3-10)19-14(24)12(13(23)18-15(19)25)6-17-16(7-20,8-21)9-22/h2-6,20-22,24H,7-9H2,1H3,(H,18,23,25). The molecule has 0 atom stereocenters. The van der Waals surface area contributed by atoms with Crippen molar-refractivity contribution in [3.05, 3.63) is 56.2 Å². The van der Waals surface area contributed by atoms with Crippen LogP contribution in [0, 0.1) is 6.92 Å². The molecular weight excluding hydrogens is 330 g/mol. The number of aliphatic imine (C=N–C) groups is 1. The quantitative estimate of drug-likeness (QED) is 0.408. The van der Waals surface area contributed by atoms with Crippen LogP contribution in [-0.2, 0) is 0 Å². The Morgan fingerprint density at radius 2 is 1.68 bits per heavy atom. The van der Waals surface area contributed by atoms with Crippen LogP contribution in [0.1, 0.15) is 11.1 Å². The molecule has 9 nitrogen and oxygen atoms in total. The van der Waals surface area contributed by atoms with Gasteiger partial charge in [0, 0.05) is 6.21 Å². The first-order chi connectivity index (χ1) is 11.9. The van der Waals surface area contributed by atoms with E-state index in [0.29, 0.717) is 5.69 Å². The summed E-state index contributed by atoms with van der Waals surface area (Å²) in [6, 6.07) is 6.65. The van der Waals surface area contributed by atoms with E-state index in [1.54, 1.807) is 24.3 Å². The molecule has 0 bridgehead atoms. The van der Waals surface area contributed by atoms with Crippen LogP contribution in [-0.4, -0.2) is 61.6 Å². The Morgan fingerprint density at radius 3 is 2.20 bits per heavy atom. The maximum atomic E-state index is 12.1. The maximum absolute atomic E-state index is 12.1. The molecule has 0 aliphatic carbocycles. The highest BCUT2D eigenvalue weighted by Gasteiger charge is 2.27. The molecule has 0 aliphatic rings. The lowest BCUT2D eigenvalue weighted by atomic mass is 10.1. The second-order valence-corrected chi connectivity index (χ2v) is 5.62. The molecule has 0 radical (unpaired) electrons. The van der Waals surface area contributed by atoms with Gasteiger partial charge in [0.1, 0.15) is 11.1 Å². The number of H-pyrrole nitrogens is 1. The van der Waals surface area contributed by atoms with E-state index >= 15 is 0 Å². The van der Waals surface area contributed by atoms with Crippen molar-refractivity contribution in [2.45, 2.75) is 12.5 Å². The molecule has 5 N–H and O–H groups in total. The molecule has 0 spiro atoms. The van der Waals surface area contributed by atoms with Crippen LogP contribution >= 0.6 is 0 Å². The van der Waals surface area contributed by atoms with E-state index in [1.807, 2.05) is 6.92 Å². The van der Waals surface area contributed by atoms with Gasteiger partial charge in [-0.15, -0.1) is 0 Å². The molecule has 0 fully saturated rings. The van der Waals surface area contributed by atoms with E-state index < -0.39 is 42.5 Å². The molecular formula is C16H19N3O6. The first kappa shape index (κ1) is 18.6. The number of hydrogen-bond donors (Lipinski definition) is 5. The summed E-state index contributed by atoms with van der Waals surface area (Å²) in [5.41, 5.74) is -2.40. The Morgan fingerprint density at radius 1 is 1.12 bits per heavy atom. The molecule has 0 amide bonds. The summed E-state index contributed by atoms with van der Waals surface area (Å²) in [7, 11) is 0. The van der Waals surface area contributed by atoms with Gasteiger partial charge in [-0.3, -0.25) is 14.8 Å². The molecule has 25 heavy (non-hydrogen) atoms. The van der Waals surface area contributed by atoms with Crippen LogP contribution in [0.5, 0.6) is 5.88 Å². The number of benzene rings is 1. The van der Waals surface area contributed by atoms with Crippen molar-refractivity contribution < 1.29 is 20.4 Å². The highest BCUT2D eigenvalue weighted by atomic mass is 16.3. The number of nitrogens with one attached hydrogen (secondary N) is 1. The lowest BCUT2D eigenvalue weighted by Crippen LogP contribution is -2.40. The number of hydrogen-bond acceptors (Lipinski definition) is 7. The molecule has 9 heteroatoms. The van der Waals surface area contributed by atoms with Gasteiger partial charge in [-0.1, -0.05) is 17.7 Å². The van der Waals surface area contributed by atoms with Crippen molar-refractivity contribution in [3.63, 3.8) is 0 Å². The Bertz CT molecular complexity index is 870. The summed E-state index contributed by atoms with van der Waals surface area (Å²) >= 11 is 0. The Kier molecular flexibility index (Phi) is 5.52. The molecule has 0 aliphatic heterocycles. The van der Waals surface area contributed by atoms with Gasteiger partial charge < -0.3 is 20.4 Å². The number of aryl methyl sites for hydroxylation is 1. The highest BCUT2D eigenvalue weighted by molar-refractivity contribution is 5.82. The number of rotatable bonds is 6. The van der Waals surface area contributed by atoms with Crippen LogP contribution < -0.4 is 11.2 Å². The van der Waals surface area contributed by atoms with Crippen LogP contribution in [0.25, 0.3) is 5.69 Å².